The van der Waals surface area contributed by atoms with Crippen molar-refractivity contribution in [3.8, 4) is 0 Å². The van der Waals surface area contributed by atoms with E-state index in [1.165, 1.54) is 13.0 Å². The van der Waals surface area contributed by atoms with E-state index in [0.717, 1.165) is 53.3 Å². The summed E-state index contributed by atoms with van der Waals surface area (Å²) in [6, 6.07) is 9.94. The predicted octanol–water partition coefficient (Wildman–Crippen LogP) is 2.33. The van der Waals surface area contributed by atoms with Gasteiger partial charge in [0.25, 0.3) is 11.1 Å². The number of carbonyl (C=O) groups is 2. The maximum Gasteiger partial charge on any atom is 0.352 e. The molecule has 15 nitrogen and oxygen atoms in total. The van der Waals surface area contributed by atoms with Crippen LogP contribution in [0.15, 0.2) is 61.8 Å². The lowest BCUT2D eigenvalue weighted by Crippen LogP contribution is -2.25. The van der Waals surface area contributed by atoms with Crippen molar-refractivity contribution >= 4 is 40.1 Å². The van der Waals surface area contributed by atoms with Gasteiger partial charge in [0.1, 0.15) is 11.4 Å². The number of aromatic nitrogens is 5. The number of carboxylic acid groups (broad SMARTS) is 2. The molecule has 3 aromatic heterocycles. The quantitative estimate of drug-likeness (QED) is 0.134. The Morgan fingerprint density at radius 2 is 1.43 bits per heavy atom. The number of hydrogen-bond acceptors (Lipinski definition) is 9. The number of fused-ring (bicyclic) bond motifs is 1. The number of nitrogens with one attached hydrogen (secondary N) is 5. The first kappa shape index (κ1) is 35.2. The summed E-state index contributed by atoms with van der Waals surface area (Å²) in [5.74, 6) is -2.68. The zero-order chi connectivity index (χ0) is 32.8. The molecule has 0 aliphatic heterocycles. The molecule has 0 aliphatic carbocycles. The average molecular weight is 632 g/mol. The van der Waals surface area contributed by atoms with Crippen LogP contribution in [0.3, 0.4) is 0 Å². The molecule has 4 aromatic rings. The number of pyridine rings is 1. The third-order valence-electron chi connectivity index (χ3n) is 6.09. The summed E-state index contributed by atoms with van der Waals surface area (Å²) in [5, 5.41) is 22.1. The molecule has 16 heteroatoms. The second-order valence-corrected chi connectivity index (χ2v) is 9.78. The van der Waals surface area contributed by atoms with Gasteiger partial charge in [0.15, 0.2) is 0 Å². The minimum atomic E-state index is -1.34. The number of aromatic carboxylic acids is 2. The first-order valence-corrected chi connectivity index (χ1v) is 13.9. The topological polar surface area (TPSA) is 234 Å². The second kappa shape index (κ2) is 17.2. The molecule has 0 spiro atoms. The van der Waals surface area contributed by atoms with Crippen molar-refractivity contribution in [3.05, 3.63) is 101 Å². The van der Waals surface area contributed by atoms with Crippen LogP contribution in [0, 0.1) is 0 Å². The van der Waals surface area contributed by atoms with E-state index in [1.807, 2.05) is 50.4 Å². The Bertz CT molecular complexity index is 1660. The smallest absolute Gasteiger partial charge is 0.352 e. The molecule has 44 heavy (non-hydrogen) atoms. The minimum Gasteiger partial charge on any atom is -0.477 e. The largest absolute Gasteiger partial charge is 0.477 e. The highest BCUT2D eigenvalue weighted by Crippen LogP contribution is 2.25. The number of carboxylic acids is 2. The van der Waals surface area contributed by atoms with Crippen molar-refractivity contribution in [2.75, 3.05) is 25.0 Å². The lowest BCUT2D eigenvalue weighted by molar-refractivity contribution is 0.0679. The number of rotatable bonds is 10. The molecule has 3 heterocycles. The van der Waals surface area contributed by atoms with E-state index in [-0.39, 0.29) is 0 Å². The van der Waals surface area contributed by atoms with Crippen molar-refractivity contribution in [2.45, 2.75) is 39.7 Å². The summed E-state index contributed by atoms with van der Waals surface area (Å²) in [7, 11) is 0. The average Bonchev–Trinajstić information content (AvgIpc) is 2.95. The van der Waals surface area contributed by atoms with Crippen molar-refractivity contribution in [1.82, 2.24) is 29.8 Å². The molecule has 0 fully saturated rings. The highest BCUT2D eigenvalue weighted by molar-refractivity contribution is 6.31. The van der Waals surface area contributed by atoms with Gasteiger partial charge < -0.3 is 30.4 Å². The number of anilines is 1. The van der Waals surface area contributed by atoms with Crippen LogP contribution < -0.4 is 27.8 Å². The number of benzene rings is 1. The predicted molar refractivity (Wildman–Crippen MR) is 166 cm³/mol. The molecule has 0 amide bonds. The van der Waals surface area contributed by atoms with Gasteiger partial charge in [0.05, 0.1) is 5.52 Å². The van der Waals surface area contributed by atoms with E-state index in [1.54, 1.807) is 0 Å². The highest BCUT2D eigenvalue weighted by Gasteiger charge is 2.08. The van der Waals surface area contributed by atoms with Crippen molar-refractivity contribution in [1.29, 1.82) is 0 Å². The molecule has 0 aliphatic rings. The number of nitrogens with zero attached hydrogens (tertiary/aromatic N) is 2. The van der Waals surface area contributed by atoms with Gasteiger partial charge in [-0.2, -0.15) is 0 Å². The summed E-state index contributed by atoms with van der Waals surface area (Å²) in [4.78, 5) is 76.6. The standard InChI is InChI=1S/C18H26ClN3.2C5H4N2O4/c1-4-22(5-2)12-6-7-14(3)21-17-10-11-20-18-13-15(19)8-9-16(17)18;2*8-3-1-2(4(9)10)6-5(11)7-3/h8-11,13-14H,4-7,12H2,1-3H3,(H,20,21);2*1H,(H,9,10)(H2,6,7,8,11)/t14-;;/m0../s1. The third-order valence-corrected chi connectivity index (χ3v) is 6.33. The normalized spacial score (nSPS) is 11.1. The SMILES string of the molecule is CCN(CC)CCC[C@H](C)Nc1ccnc2cc(Cl)ccc12.O=C(O)c1cc(=O)[nH]c(=O)[nH]1.O=C(O)c1cc(=O)[nH]c(=O)[nH]1. The summed E-state index contributed by atoms with van der Waals surface area (Å²) in [6.07, 6.45) is 4.21. The van der Waals surface area contributed by atoms with Crippen molar-refractivity contribution in [2.24, 2.45) is 0 Å². The number of H-pyrrole nitrogens is 4. The van der Waals surface area contributed by atoms with E-state index in [0.29, 0.717) is 6.04 Å². The Labute approximate surface area is 255 Å². The maximum atomic E-state index is 10.5. The number of hydrogen-bond donors (Lipinski definition) is 7. The van der Waals surface area contributed by atoms with Crippen LogP contribution in [0.2, 0.25) is 5.02 Å². The van der Waals surface area contributed by atoms with E-state index in [9.17, 15) is 28.8 Å². The Balaban J connectivity index is 0.000000257. The van der Waals surface area contributed by atoms with Gasteiger partial charge in [-0.15, -0.1) is 0 Å². The first-order chi connectivity index (χ1) is 20.8. The van der Waals surface area contributed by atoms with Gasteiger partial charge in [-0.05, 0) is 63.7 Å². The molecule has 0 bridgehead atoms. The van der Waals surface area contributed by atoms with Crippen LogP contribution in [-0.2, 0) is 0 Å². The van der Waals surface area contributed by atoms with Crippen LogP contribution in [0.1, 0.15) is 54.6 Å². The van der Waals surface area contributed by atoms with Crippen LogP contribution in [0.4, 0.5) is 5.69 Å². The van der Waals surface area contributed by atoms with E-state index in [4.69, 9.17) is 21.8 Å². The summed E-state index contributed by atoms with van der Waals surface area (Å²) < 4.78 is 0. The lowest BCUT2D eigenvalue weighted by Gasteiger charge is -2.20. The maximum absolute atomic E-state index is 10.5. The molecule has 0 saturated carbocycles. The second-order valence-electron chi connectivity index (χ2n) is 9.35. The summed E-state index contributed by atoms with van der Waals surface area (Å²) in [5.41, 5.74) is -1.87. The minimum absolute atomic E-state index is 0.418. The van der Waals surface area contributed by atoms with Gasteiger partial charge in [0.2, 0.25) is 0 Å². The van der Waals surface area contributed by atoms with Crippen LogP contribution in [0.25, 0.3) is 10.9 Å². The molecule has 0 saturated heterocycles. The lowest BCUT2D eigenvalue weighted by atomic mass is 10.1. The van der Waals surface area contributed by atoms with Gasteiger partial charge in [-0.25, -0.2) is 19.2 Å². The molecule has 236 valence electrons. The van der Waals surface area contributed by atoms with Gasteiger partial charge in [-0.1, -0.05) is 25.4 Å². The summed E-state index contributed by atoms with van der Waals surface area (Å²) in [6.45, 7) is 10.1. The van der Waals surface area contributed by atoms with E-state index in [2.05, 4.69) is 36.0 Å². The number of halogens is 1. The molecule has 1 aromatic carbocycles. The summed E-state index contributed by atoms with van der Waals surface area (Å²) >= 11 is 6.04. The van der Waals surface area contributed by atoms with Crippen molar-refractivity contribution in [3.63, 3.8) is 0 Å². The zero-order valence-corrected chi connectivity index (χ0v) is 25.0. The fraction of sp³-hybridized carbons (Fsp3) is 0.321. The molecule has 4 rings (SSSR count). The van der Waals surface area contributed by atoms with Gasteiger partial charge in [-0.3, -0.25) is 24.5 Å². The fourth-order valence-electron chi connectivity index (χ4n) is 3.91. The Morgan fingerprint density at radius 3 is 1.91 bits per heavy atom. The molecular weight excluding hydrogens is 598 g/mol. The number of aromatic amines is 4. The van der Waals surface area contributed by atoms with Crippen LogP contribution >= 0.6 is 11.6 Å². The Morgan fingerprint density at radius 1 is 0.886 bits per heavy atom. The van der Waals surface area contributed by atoms with E-state index < -0.39 is 45.8 Å². The first-order valence-electron chi connectivity index (χ1n) is 13.5. The monoisotopic (exact) mass is 631 g/mol. The molecule has 7 N–H and O–H groups in total. The molecule has 1 atom stereocenters. The van der Waals surface area contributed by atoms with Gasteiger partial charge in [0, 0.05) is 40.5 Å². The fourth-order valence-corrected chi connectivity index (χ4v) is 4.08. The molecule has 0 radical (unpaired) electrons. The molecular formula is C28H34ClN7O8. The highest BCUT2D eigenvalue weighted by atomic mass is 35.5. The van der Waals surface area contributed by atoms with Crippen LogP contribution in [0.5, 0.6) is 0 Å². The van der Waals surface area contributed by atoms with Gasteiger partial charge >= 0.3 is 23.3 Å². The van der Waals surface area contributed by atoms with E-state index >= 15 is 0 Å². The Kier molecular flexibility index (Phi) is 13.7. The van der Waals surface area contributed by atoms with Crippen LogP contribution in [-0.4, -0.2) is 77.6 Å². The third kappa shape index (κ3) is 11.7. The Hall–Kier alpha value is -5.02. The zero-order valence-electron chi connectivity index (χ0n) is 24.3. The molecule has 0 unspecified atom stereocenters. The van der Waals surface area contributed by atoms with Crippen molar-refractivity contribution < 1.29 is 19.8 Å².